The summed E-state index contributed by atoms with van der Waals surface area (Å²) < 4.78 is 11.8. The molecule has 0 aliphatic carbocycles. The van der Waals surface area contributed by atoms with Crippen molar-refractivity contribution in [1.29, 1.82) is 0 Å². The number of hydrogen-bond acceptors (Lipinski definition) is 3. The molecule has 0 fully saturated rings. The van der Waals surface area contributed by atoms with Crippen LogP contribution in [0.15, 0.2) is 48.6 Å². The molecule has 0 rings (SSSR count). The summed E-state index contributed by atoms with van der Waals surface area (Å²) in [4.78, 5) is 11.0. The monoisotopic (exact) mass is 601 g/mol. The minimum Gasteiger partial charge on any atom is -0.379 e. The normalized spacial score (nSPS) is 13.0. The van der Waals surface area contributed by atoms with Crippen LogP contribution in [0.4, 0.5) is 0 Å². The van der Waals surface area contributed by atoms with Crippen molar-refractivity contribution in [2.24, 2.45) is 0 Å². The van der Waals surface area contributed by atoms with E-state index in [2.05, 4.69) is 62.5 Å². The summed E-state index contributed by atoms with van der Waals surface area (Å²) in [6.45, 7) is 6.57. The molecule has 3 heteroatoms. The van der Waals surface area contributed by atoms with Crippen molar-refractivity contribution in [3.8, 4) is 0 Å². The maximum atomic E-state index is 11.0. The van der Waals surface area contributed by atoms with Crippen LogP contribution in [0.2, 0.25) is 0 Å². The predicted octanol–water partition coefficient (Wildman–Crippen LogP) is 12.6. The minimum atomic E-state index is -0.0833. The minimum absolute atomic E-state index is 0.0833. The van der Waals surface area contributed by atoms with Crippen molar-refractivity contribution >= 4 is 6.29 Å². The Morgan fingerprint density at radius 3 is 1.30 bits per heavy atom. The van der Waals surface area contributed by atoms with E-state index in [9.17, 15) is 4.79 Å². The molecule has 43 heavy (non-hydrogen) atoms. The maximum absolute atomic E-state index is 11.0. The van der Waals surface area contributed by atoms with E-state index in [-0.39, 0.29) is 6.10 Å². The van der Waals surface area contributed by atoms with Crippen LogP contribution in [0.25, 0.3) is 0 Å². The zero-order valence-electron chi connectivity index (χ0n) is 28.8. The lowest BCUT2D eigenvalue weighted by Crippen LogP contribution is -2.21. The van der Waals surface area contributed by atoms with Gasteiger partial charge in [0, 0.05) is 19.6 Å². The second kappa shape index (κ2) is 38.6. The molecular weight excluding hydrogens is 528 g/mol. The largest absolute Gasteiger partial charge is 0.379 e. The highest BCUT2D eigenvalue weighted by Crippen LogP contribution is 2.11. The fourth-order valence-corrected chi connectivity index (χ4v) is 5.04. The molecule has 0 aliphatic rings. The molecule has 0 saturated heterocycles. The predicted molar refractivity (Wildman–Crippen MR) is 190 cm³/mol. The molecule has 0 N–H and O–H groups in total. The average Bonchev–Trinajstić information content (AvgIpc) is 3.01. The van der Waals surface area contributed by atoms with Crippen molar-refractivity contribution in [2.45, 2.75) is 180 Å². The number of aldehydes is 1. The second-order valence-electron chi connectivity index (χ2n) is 12.1. The Bertz CT molecular complexity index is 648. The molecule has 0 saturated carbocycles. The highest BCUT2D eigenvalue weighted by atomic mass is 16.5. The lowest BCUT2D eigenvalue weighted by atomic mass is 10.1. The van der Waals surface area contributed by atoms with E-state index < -0.39 is 0 Å². The van der Waals surface area contributed by atoms with Gasteiger partial charge in [0.25, 0.3) is 0 Å². The van der Waals surface area contributed by atoms with Crippen molar-refractivity contribution in [2.75, 3.05) is 19.8 Å². The standard InChI is InChI=1S/C40H72O3/c1-3-5-7-9-11-13-15-17-19-21-23-25-27-29-31-33-37-42-39-40(35-36-41)43-38-34-32-30-28-26-24-22-20-18-16-14-12-10-8-6-4-2/h11-14,17-20,36,40H,3-10,15-16,21-35,37-39H2,1-2H3. The number of carbonyl (C=O) groups excluding carboxylic acids is 1. The first kappa shape index (κ1) is 41.5. The van der Waals surface area contributed by atoms with Gasteiger partial charge in [-0.1, -0.05) is 140 Å². The van der Waals surface area contributed by atoms with E-state index in [1.165, 1.54) is 128 Å². The number of hydrogen-bond donors (Lipinski definition) is 0. The SMILES string of the molecule is CCCCCC=CCC=CCCCCCCCCOCC(CC=O)OCCCCCCCCC=CCC=CCCCCC. The third kappa shape index (κ3) is 36.6. The molecular formula is C40H72O3. The quantitative estimate of drug-likeness (QED) is 0.0412. The number of unbranched alkanes of at least 4 members (excludes halogenated alkanes) is 18. The van der Waals surface area contributed by atoms with E-state index in [1.54, 1.807) is 0 Å². The smallest absolute Gasteiger partial charge is 0.122 e. The fourth-order valence-electron chi connectivity index (χ4n) is 5.04. The van der Waals surface area contributed by atoms with E-state index >= 15 is 0 Å². The van der Waals surface area contributed by atoms with Crippen LogP contribution in [0.1, 0.15) is 174 Å². The number of carbonyl (C=O) groups is 1. The van der Waals surface area contributed by atoms with Gasteiger partial charge < -0.3 is 14.3 Å². The van der Waals surface area contributed by atoms with Gasteiger partial charge in [-0.05, 0) is 77.0 Å². The molecule has 0 spiro atoms. The highest BCUT2D eigenvalue weighted by Gasteiger charge is 2.08. The zero-order valence-corrected chi connectivity index (χ0v) is 28.8. The third-order valence-electron chi connectivity index (χ3n) is 7.85. The van der Waals surface area contributed by atoms with Gasteiger partial charge in [0.1, 0.15) is 6.29 Å². The van der Waals surface area contributed by atoms with E-state index in [0.717, 1.165) is 45.2 Å². The van der Waals surface area contributed by atoms with Gasteiger partial charge in [0.15, 0.2) is 0 Å². The summed E-state index contributed by atoms with van der Waals surface area (Å²) in [6, 6.07) is 0. The summed E-state index contributed by atoms with van der Waals surface area (Å²) in [5.74, 6) is 0. The number of rotatable bonds is 35. The molecule has 0 aromatic rings. The molecule has 0 aliphatic heterocycles. The van der Waals surface area contributed by atoms with Crippen LogP contribution in [0, 0.1) is 0 Å². The molecule has 0 aromatic heterocycles. The molecule has 0 aromatic carbocycles. The Morgan fingerprint density at radius 2 is 0.860 bits per heavy atom. The van der Waals surface area contributed by atoms with Crippen LogP contribution in [0.5, 0.6) is 0 Å². The molecule has 0 heterocycles. The molecule has 0 radical (unpaired) electrons. The molecule has 1 atom stereocenters. The van der Waals surface area contributed by atoms with Gasteiger partial charge in [-0.15, -0.1) is 0 Å². The van der Waals surface area contributed by atoms with Gasteiger partial charge in [-0.2, -0.15) is 0 Å². The summed E-state index contributed by atoms with van der Waals surface area (Å²) in [7, 11) is 0. The maximum Gasteiger partial charge on any atom is 0.122 e. The fraction of sp³-hybridized carbons (Fsp3) is 0.775. The molecule has 3 nitrogen and oxygen atoms in total. The van der Waals surface area contributed by atoms with Crippen LogP contribution in [-0.2, 0) is 14.3 Å². The van der Waals surface area contributed by atoms with Gasteiger partial charge in [0.2, 0.25) is 0 Å². The molecule has 0 amide bonds. The molecule has 250 valence electrons. The Balaban J connectivity index is 3.48. The van der Waals surface area contributed by atoms with Crippen LogP contribution in [-0.4, -0.2) is 32.2 Å². The highest BCUT2D eigenvalue weighted by molar-refractivity contribution is 5.50. The van der Waals surface area contributed by atoms with Gasteiger partial charge in [0.05, 0.1) is 12.7 Å². The van der Waals surface area contributed by atoms with Gasteiger partial charge >= 0.3 is 0 Å². The van der Waals surface area contributed by atoms with Crippen LogP contribution in [0.3, 0.4) is 0 Å². The summed E-state index contributed by atoms with van der Waals surface area (Å²) in [5, 5.41) is 0. The van der Waals surface area contributed by atoms with E-state index in [1.807, 2.05) is 0 Å². The Labute approximate surface area is 269 Å². The van der Waals surface area contributed by atoms with Crippen molar-refractivity contribution in [3.05, 3.63) is 48.6 Å². The van der Waals surface area contributed by atoms with Crippen molar-refractivity contribution in [3.63, 3.8) is 0 Å². The third-order valence-corrected chi connectivity index (χ3v) is 7.85. The van der Waals surface area contributed by atoms with Crippen LogP contribution >= 0.6 is 0 Å². The summed E-state index contributed by atoms with van der Waals surface area (Å²) in [6.07, 6.45) is 49.9. The molecule has 0 bridgehead atoms. The zero-order chi connectivity index (χ0) is 31.2. The molecule has 1 unspecified atom stereocenters. The Morgan fingerprint density at radius 1 is 0.465 bits per heavy atom. The first-order valence-corrected chi connectivity index (χ1v) is 18.6. The summed E-state index contributed by atoms with van der Waals surface area (Å²) >= 11 is 0. The number of ether oxygens (including phenoxy) is 2. The first-order chi connectivity index (χ1) is 21.3. The van der Waals surface area contributed by atoms with Crippen molar-refractivity contribution in [1.82, 2.24) is 0 Å². The second-order valence-corrected chi connectivity index (χ2v) is 12.1. The summed E-state index contributed by atoms with van der Waals surface area (Å²) in [5.41, 5.74) is 0. The Kier molecular flexibility index (Phi) is 37.3. The van der Waals surface area contributed by atoms with Gasteiger partial charge in [-0.3, -0.25) is 0 Å². The van der Waals surface area contributed by atoms with E-state index in [0.29, 0.717) is 13.0 Å². The van der Waals surface area contributed by atoms with Crippen molar-refractivity contribution < 1.29 is 14.3 Å². The average molecular weight is 601 g/mol. The topological polar surface area (TPSA) is 35.5 Å². The first-order valence-electron chi connectivity index (χ1n) is 18.6. The van der Waals surface area contributed by atoms with Gasteiger partial charge in [-0.25, -0.2) is 0 Å². The van der Waals surface area contributed by atoms with E-state index in [4.69, 9.17) is 9.47 Å². The number of allylic oxidation sites excluding steroid dienone is 8. The Hall–Kier alpha value is -1.45. The van der Waals surface area contributed by atoms with Crippen LogP contribution < -0.4 is 0 Å². The lowest BCUT2D eigenvalue weighted by Gasteiger charge is -2.16. The lowest BCUT2D eigenvalue weighted by molar-refractivity contribution is -0.112.